The summed E-state index contributed by atoms with van der Waals surface area (Å²) in [4.78, 5) is 25.5. The summed E-state index contributed by atoms with van der Waals surface area (Å²) in [6, 6.07) is 5.03. The van der Waals surface area contributed by atoms with Gasteiger partial charge in [-0.15, -0.1) is 0 Å². The van der Waals surface area contributed by atoms with Gasteiger partial charge < -0.3 is 15.0 Å². The minimum Gasteiger partial charge on any atom is -0.497 e. The lowest BCUT2D eigenvalue weighted by Crippen LogP contribution is -2.33. The van der Waals surface area contributed by atoms with Gasteiger partial charge in [0.1, 0.15) is 5.75 Å². The number of amides is 1. The molecule has 0 saturated carbocycles. The first-order chi connectivity index (χ1) is 10.1. The van der Waals surface area contributed by atoms with Crippen molar-refractivity contribution in [2.24, 2.45) is 0 Å². The second kappa shape index (κ2) is 6.54. The lowest BCUT2D eigenvalue weighted by Gasteiger charge is -2.18. The molecule has 0 aromatic heterocycles. The third-order valence-electron chi connectivity index (χ3n) is 3.36. The van der Waals surface area contributed by atoms with E-state index in [2.05, 4.69) is 18.8 Å². The maximum absolute atomic E-state index is 12.1. The van der Waals surface area contributed by atoms with E-state index >= 15 is 0 Å². The Labute approximate surface area is 124 Å². The van der Waals surface area contributed by atoms with Crippen molar-refractivity contribution < 1.29 is 14.3 Å². The standard InChI is InChI=1S/C16H20N2O3/c1-4-7-17-9-11(2)10-18-14-8-12(21-3)5-6-13(14)15(19)16(18)20/h5-6,8,17H,2,4,7,9-10H2,1,3H3. The van der Waals surface area contributed by atoms with Crippen molar-refractivity contribution in [2.75, 3.05) is 31.6 Å². The average molecular weight is 288 g/mol. The first-order valence-electron chi connectivity index (χ1n) is 7.00. The third-order valence-corrected chi connectivity index (χ3v) is 3.36. The molecule has 0 aliphatic carbocycles. The number of rotatable bonds is 7. The lowest BCUT2D eigenvalue weighted by atomic mass is 10.1. The molecule has 0 unspecified atom stereocenters. The number of nitrogens with one attached hydrogen (secondary N) is 1. The Bertz CT molecular complexity index is 581. The van der Waals surface area contributed by atoms with Crippen molar-refractivity contribution >= 4 is 17.4 Å². The van der Waals surface area contributed by atoms with Gasteiger partial charge >= 0.3 is 0 Å². The van der Waals surface area contributed by atoms with Crippen LogP contribution in [0.1, 0.15) is 23.7 Å². The van der Waals surface area contributed by atoms with Crippen molar-refractivity contribution in [3.63, 3.8) is 0 Å². The monoisotopic (exact) mass is 288 g/mol. The third kappa shape index (κ3) is 3.13. The number of methoxy groups -OCH3 is 1. The predicted molar refractivity (Wildman–Crippen MR) is 82.0 cm³/mol. The zero-order valence-corrected chi connectivity index (χ0v) is 12.4. The molecule has 0 bridgehead atoms. The van der Waals surface area contributed by atoms with Gasteiger partial charge in [-0.05, 0) is 30.7 Å². The smallest absolute Gasteiger partial charge is 0.299 e. The normalized spacial score (nSPS) is 13.5. The Morgan fingerprint density at radius 1 is 1.38 bits per heavy atom. The molecule has 0 atom stereocenters. The first kappa shape index (κ1) is 15.3. The second-order valence-electron chi connectivity index (χ2n) is 5.03. The molecule has 1 N–H and O–H groups in total. The molecule has 1 aromatic carbocycles. The predicted octanol–water partition coefficient (Wildman–Crippen LogP) is 1.78. The van der Waals surface area contributed by atoms with Crippen LogP contribution < -0.4 is 15.0 Å². The first-order valence-corrected chi connectivity index (χ1v) is 7.00. The van der Waals surface area contributed by atoms with Gasteiger partial charge in [-0.1, -0.05) is 13.5 Å². The molecule has 1 aromatic rings. The van der Waals surface area contributed by atoms with E-state index in [9.17, 15) is 9.59 Å². The molecule has 2 rings (SSSR count). The van der Waals surface area contributed by atoms with E-state index in [1.807, 2.05) is 0 Å². The van der Waals surface area contributed by atoms with E-state index in [1.165, 1.54) is 4.90 Å². The highest BCUT2D eigenvalue weighted by Crippen LogP contribution is 2.32. The van der Waals surface area contributed by atoms with Crippen molar-refractivity contribution in [1.82, 2.24) is 5.32 Å². The number of benzene rings is 1. The summed E-state index contributed by atoms with van der Waals surface area (Å²) in [7, 11) is 1.55. The van der Waals surface area contributed by atoms with Crippen LogP contribution >= 0.6 is 0 Å². The van der Waals surface area contributed by atoms with Crippen LogP contribution in [0.3, 0.4) is 0 Å². The maximum atomic E-state index is 12.1. The van der Waals surface area contributed by atoms with Crippen LogP contribution in [0.25, 0.3) is 0 Å². The number of hydrogen-bond donors (Lipinski definition) is 1. The summed E-state index contributed by atoms with van der Waals surface area (Å²) >= 11 is 0. The molecule has 1 aliphatic heterocycles. The molecule has 1 heterocycles. The van der Waals surface area contributed by atoms with Crippen LogP contribution in [0.2, 0.25) is 0 Å². The van der Waals surface area contributed by atoms with Gasteiger partial charge in [-0.3, -0.25) is 9.59 Å². The number of ketones is 1. The van der Waals surface area contributed by atoms with Crippen molar-refractivity contribution in [1.29, 1.82) is 0 Å². The minimum atomic E-state index is -0.505. The molecule has 5 heteroatoms. The number of carbonyl (C=O) groups is 2. The van der Waals surface area contributed by atoms with E-state index in [-0.39, 0.29) is 0 Å². The summed E-state index contributed by atoms with van der Waals surface area (Å²) in [6.07, 6.45) is 1.04. The molecule has 0 radical (unpaired) electrons. The molecular weight excluding hydrogens is 268 g/mol. The SMILES string of the molecule is C=C(CNCCC)CN1C(=O)C(=O)c2ccc(OC)cc21. The quantitative estimate of drug-likeness (QED) is 0.472. The number of carbonyl (C=O) groups excluding carboxylic acids is 2. The average Bonchev–Trinajstić information content (AvgIpc) is 2.72. The summed E-state index contributed by atoms with van der Waals surface area (Å²) in [5.41, 5.74) is 1.89. The van der Waals surface area contributed by atoms with Crippen LogP contribution in [0.5, 0.6) is 5.75 Å². The summed E-state index contributed by atoms with van der Waals surface area (Å²) in [5, 5.41) is 3.23. The van der Waals surface area contributed by atoms with Crippen LogP contribution in [-0.4, -0.2) is 38.4 Å². The Hall–Kier alpha value is -2.14. The highest BCUT2D eigenvalue weighted by atomic mass is 16.5. The summed E-state index contributed by atoms with van der Waals surface area (Å²) in [6.45, 7) is 7.91. The fraction of sp³-hybridized carbons (Fsp3) is 0.375. The molecule has 0 spiro atoms. The van der Waals surface area contributed by atoms with Gasteiger partial charge in [0.25, 0.3) is 11.7 Å². The highest BCUT2D eigenvalue weighted by molar-refractivity contribution is 6.52. The van der Waals surface area contributed by atoms with Crippen LogP contribution in [0.15, 0.2) is 30.4 Å². The Balaban J connectivity index is 2.16. The molecule has 21 heavy (non-hydrogen) atoms. The van der Waals surface area contributed by atoms with E-state index < -0.39 is 11.7 Å². The van der Waals surface area contributed by atoms with E-state index in [0.29, 0.717) is 30.1 Å². The molecule has 0 fully saturated rings. The van der Waals surface area contributed by atoms with Gasteiger partial charge in [0.15, 0.2) is 0 Å². The van der Waals surface area contributed by atoms with Crippen molar-refractivity contribution in [2.45, 2.75) is 13.3 Å². The van der Waals surface area contributed by atoms with Crippen molar-refractivity contribution in [3.8, 4) is 5.75 Å². The maximum Gasteiger partial charge on any atom is 0.299 e. The zero-order valence-electron chi connectivity index (χ0n) is 12.4. The van der Waals surface area contributed by atoms with E-state index in [4.69, 9.17) is 4.74 Å². The van der Waals surface area contributed by atoms with Gasteiger partial charge in [-0.25, -0.2) is 0 Å². The Morgan fingerprint density at radius 3 is 2.81 bits per heavy atom. The van der Waals surface area contributed by atoms with Crippen molar-refractivity contribution in [3.05, 3.63) is 35.9 Å². The molecule has 112 valence electrons. The van der Waals surface area contributed by atoms with Gasteiger partial charge in [-0.2, -0.15) is 0 Å². The highest BCUT2D eigenvalue weighted by Gasteiger charge is 2.36. The van der Waals surface area contributed by atoms with Crippen LogP contribution in [0.4, 0.5) is 5.69 Å². The topological polar surface area (TPSA) is 58.6 Å². The van der Waals surface area contributed by atoms with Gasteiger partial charge in [0, 0.05) is 19.2 Å². The summed E-state index contributed by atoms with van der Waals surface area (Å²) < 4.78 is 5.16. The van der Waals surface area contributed by atoms with E-state index in [0.717, 1.165) is 18.5 Å². The molecule has 1 amide bonds. The lowest BCUT2D eigenvalue weighted by molar-refractivity contribution is -0.114. The van der Waals surface area contributed by atoms with Crippen LogP contribution in [-0.2, 0) is 4.79 Å². The minimum absolute atomic E-state index is 0.335. The van der Waals surface area contributed by atoms with E-state index in [1.54, 1.807) is 25.3 Å². The summed E-state index contributed by atoms with van der Waals surface area (Å²) in [5.74, 6) is -0.354. The Morgan fingerprint density at radius 2 is 2.14 bits per heavy atom. The number of fused-ring (bicyclic) bond motifs is 1. The Kier molecular flexibility index (Phi) is 4.75. The number of ether oxygens (including phenoxy) is 1. The molecule has 1 aliphatic rings. The fourth-order valence-electron chi connectivity index (χ4n) is 2.28. The van der Waals surface area contributed by atoms with Crippen LogP contribution in [0, 0.1) is 0 Å². The zero-order chi connectivity index (χ0) is 15.4. The second-order valence-corrected chi connectivity index (χ2v) is 5.03. The molecule has 0 saturated heterocycles. The van der Waals surface area contributed by atoms with Gasteiger partial charge in [0.2, 0.25) is 0 Å². The molecule has 5 nitrogen and oxygen atoms in total. The molecular formula is C16H20N2O3. The van der Waals surface area contributed by atoms with Gasteiger partial charge in [0.05, 0.1) is 18.4 Å². The largest absolute Gasteiger partial charge is 0.497 e. The number of nitrogens with zero attached hydrogens (tertiary/aromatic N) is 1. The fourth-order valence-corrected chi connectivity index (χ4v) is 2.28. The number of hydrogen-bond acceptors (Lipinski definition) is 4. The number of Topliss-reactive ketones (excluding diaryl/α,β-unsaturated/α-hetero) is 1. The number of anilines is 1.